The molecule has 2 aromatic carbocycles. The summed E-state index contributed by atoms with van der Waals surface area (Å²) in [6, 6.07) is 15.1. The van der Waals surface area contributed by atoms with E-state index in [0.717, 1.165) is 12.8 Å². The second-order valence-corrected chi connectivity index (χ2v) is 5.72. The molecule has 0 saturated heterocycles. The lowest BCUT2D eigenvalue weighted by Crippen LogP contribution is -2.29. The van der Waals surface area contributed by atoms with Crippen molar-refractivity contribution in [3.05, 3.63) is 48.0 Å². The maximum absolute atomic E-state index is 7.72. The monoisotopic (exact) mass is 288 g/mol. The van der Waals surface area contributed by atoms with Crippen LogP contribution in [0.15, 0.2) is 42.5 Å². The summed E-state index contributed by atoms with van der Waals surface area (Å²) in [5, 5.41) is 10.3. The Bertz CT molecular complexity index is 610. The molecule has 0 aliphatic heterocycles. The summed E-state index contributed by atoms with van der Waals surface area (Å²) in [6.07, 6.45) is 5.50. The van der Waals surface area contributed by atoms with Crippen LogP contribution in [-0.2, 0) is 5.41 Å². The number of halogens is 1. The van der Waals surface area contributed by atoms with Crippen LogP contribution in [0.5, 0.6) is 0 Å². The lowest BCUT2D eigenvalue weighted by molar-refractivity contribution is 0.461. The van der Waals surface area contributed by atoms with Gasteiger partial charge in [-0.2, -0.15) is 0 Å². The third-order valence-corrected chi connectivity index (χ3v) is 4.45. The minimum atomic E-state index is 0. The van der Waals surface area contributed by atoms with Crippen LogP contribution in [-0.4, -0.2) is 5.84 Å². The topological polar surface area (TPSA) is 49.9 Å². The van der Waals surface area contributed by atoms with Gasteiger partial charge in [0.1, 0.15) is 0 Å². The molecular formula is C17H21ClN2. The summed E-state index contributed by atoms with van der Waals surface area (Å²) in [5.74, 6) is 0.315. The number of nitrogens with one attached hydrogen (secondary N) is 1. The molecule has 0 radical (unpaired) electrons. The molecule has 2 aromatic rings. The number of fused-ring (bicyclic) bond motifs is 1. The van der Waals surface area contributed by atoms with Gasteiger partial charge in [-0.1, -0.05) is 55.3 Å². The zero-order valence-electron chi connectivity index (χ0n) is 11.6. The highest BCUT2D eigenvalue weighted by molar-refractivity contribution is 5.88. The quantitative estimate of drug-likeness (QED) is 0.638. The van der Waals surface area contributed by atoms with Crippen LogP contribution in [0.3, 0.4) is 0 Å². The van der Waals surface area contributed by atoms with Crippen molar-refractivity contribution in [2.45, 2.75) is 37.5 Å². The Morgan fingerprint density at radius 2 is 1.70 bits per heavy atom. The molecule has 0 atom stereocenters. The zero-order valence-corrected chi connectivity index (χ0v) is 12.4. The highest BCUT2D eigenvalue weighted by Crippen LogP contribution is 2.46. The Kier molecular flexibility index (Phi) is 4.34. The van der Waals surface area contributed by atoms with E-state index in [1.165, 1.54) is 29.2 Å². The van der Waals surface area contributed by atoms with Crippen molar-refractivity contribution < 1.29 is 0 Å². The van der Waals surface area contributed by atoms with Gasteiger partial charge in [-0.3, -0.25) is 5.41 Å². The molecule has 0 bridgehead atoms. The van der Waals surface area contributed by atoms with Crippen molar-refractivity contribution in [1.29, 1.82) is 5.41 Å². The standard InChI is InChI=1S/C17H20N2.ClH/c18-16(19)12-17(10-3-4-11-17)15-9-5-7-13-6-1-2-8-14(13)15;/h1-2,5-9H,3-4,10-12H2,(H3,18,19);1H. The van der Waals surface area contributed by atoms with Crippen LogP contribution < -0.4 is 5.73 Å². The molecule has 20 heavy (non-hydrogen) atoms. The number of nitrogens with two attached hydrogens (primary N) is 1. The average Bonchev–Trinajstić information content (AvgIpc) is 2.87. The molecule has 1 saturated carbocycles. The number of benzene rings is 2. The molecule has 106 valence electrons. The number of hydrogen-bond donors (Lipinski definition) is 2. The summed E-state index contributed by atoms with van der Waals surface area (Å²) in [5.41, 5.74) is 7.20. The minimum absolute atomic E-state index is 0. The first-order valence-corrected chi connectivity index (χ1v) is 7.02. The fourth-order valence-electron chi connectivity index (χ4n) is 3.65. The maximum atomic E-state index is 7.72. The van der Waals surface area contributed by atoms with Gasteiger partial charge >= 0.3 is 0 Å². The second-order valence-electron chi connectivity index (χ2n) is 5.72. The van der Waals surface area contributed by atoms with Crippen molar-refractivity contribution in [1.82, 2.24) is 0 Å². The van der Waals surface area contributed by atoms with Crippen molar-refractivity contribution in [2.75, 3.05) is 0 Å². The lowest BCUT2D eigenvalue weighted by atomic mass is 9.74. The zero-order chi connectivity index (χ0) is 13.3. The predicted octanol–water partition coefficient (Wildman–Crippen LogP) is 4.40. The van der Waals surface area contributed by atoms with Crippen molar-refractivity contribution >= 4 is 29.0 Å². The van der Waals surface area contributed by atoms with E-state index < -0.39 is 0 Å². The first-order valence-electron chi connectivity index (χ1n) is 7.02. The second kappa shape index (κ2) is 5.84. The Hall–Kier alpha value is -1.54. The average molecular weight is 289 g/mol. The van der Waals surface area contributed by atoms with E-state index in [9.17, 15) is 0 Å². The first-order chi connectivity index (χ1) is 9.21. The molecule has 0 heterocycles. The van der Waals surface area contributed by atoms with Crippen LogP contribution in [0.1, 0.15) is 37.7 Å². The first kappa shape index (κ1) is 14.9. The summed E-state index contributed by atoms with van der Waals surface area (Å²) in [6.45, 7) is 0. The van der Waals surface area contributed by atoms with Crippen LogP contribution in [0.25, 0.3) is 10.8 Å². The van der Waals surface area contributed by atoms with Gasteiger partial charge in [0, 0.05) is 11.8 Å². The van der Waals surface area contributed by atoms with E-state index >= 15 is 0 Å². The summed E-state index contributed by atoms with van der Waals surface area (Å²) >= 11 is 0. The molecule has 1 fully saturated rings. The van der Waals surface area contributed by atoms with Crippen LogP contribution in [0.2, 0.25) is 0 Å². The normalized spacial score (nSPS) is 16.8. The van der Waals surface area contributed by atoms with E-state index in [2.05, 4.69) is 42.5 Å². The molecule has 3 heteroatoms. The van der Waals surface area contributed by atoms with Gasteiger partial charge in [-0.15, -0.1) is 12.4 Å². The Labute approximate surface area is 126 Å². The van der Waals surface area contributed by atoms with Gasteiger partial charge in [-0.05, 0) is 29.2 Å². The molecular weight excluding hydrogens is 268 g/mol. The van der Waals surface area contributed by atoms with Gasteiger partial charge in [-0.25, -0.2) is 0 Å². The van der Waals surface area contributed by atoms with Gasteiger partial charge in [0.15, 0.2) is 0 Å². The fourth-order valence-corrected chi connectivity index (χ4v) is 3.65. The Morgan fingerprint density at radius 1 is 1.05 bits per heavy atom. The molecule has 0 aromatic heterocycles. The molecule has 2 nitrogen and oxygen atoms in total. The molecule has 3 rings (SSSR count). The van der Waals surface area contributed by atoms with Gasteiger partial charge in [0.2, 0.25) is 0 Å². The Morgan fingerprint density at radius 3 is 2.40 bits per heavy atom. The molecule has 0 spiro atoms. The third-order valence-electron chi connectivity index (χ3n) is 4.45. The highest BCUT2D eigenvalue weighted by Gasteiger charge is 2.37. The number of hydrogen-bond acceptors (Lipinski definition) is 1. The molecule has 0 unspecified atom stereocenters. The van der Waals surface area contributed by atoms with E-state index in [1.54, 1.807) is 0 Å². The van der Waals surface area contributed by atoms with Crippen LogP contribution >= 0.6 is 12.4 Å². The van der Waals surface area contributed by atoms with Gasteiger partial charge in [0.05, 0.1) is 5.84 Å². The predicted molar refractivity (Wildman–Crippen MR) is 87.9 cm³/mol. The van der Waals surface area contributed by atoms with Gasteiger partial charge in [0.25, 0.3) is 0 Å². The number of amidine groups is 1. The van der Waals surface area contributed by atoms with E-state index in [1.807, 2.05) is 0 Å². The number of rotatable bonds is 3. The maximum Gasteiger partial charge on any atom is 0.0914 e. The third kappa shape index (κ3) is 2.53. The molecule has 3 N–H and O–H groups in total. The van der Waals surface area contributed by atoms with Crippen LogP contribution in [0, 0.1) is 5.41 Å². The largest absolute Gasteiger partial charge is 0.388 e. The summed E-state index contributed by atoms with van der Waals surface area (Å²) in [4.78, 5) is 0. The molecule has 0 amide bonds. The smallest absolute Gasteiger partial charge is 0.0914 e. The lowest BCUT2D eigenvalue weighted by Gasteiger charge is -2.30. The summed E-state index contributed by atoms with van der Waals surface area (Å²) in [7, 11) is 0. The molecule has 1 aliphatic carbocycles. The molecule has 1 aliphatic rings. The van der Waals surface area contributed by atoms with E-state index in [4.69, 9.17) is 11.1 Å². The Balaban J connectivity index is 0.00000147. The van der Waals surface area contributed by atoms with Gasteiger partial charge < -0.3 is 5.73 Å². The van der Waals surface area contributed by atoms with Crippen LogP contribution in [0.4, 0.5) is 0 Å². The van der Waals surface area contributed by atoms with E-state index in [-0.39, 0.29) is 17.8 Å². The SMILES string of the molecule is Cl.N=C(N)CC1(c2cccc3ccccc23)CCCC1. The highest BCUT2D eigenvalue weighted by atomic mass is 35.5. The fraction of sp³-hybridized carbons (Fsp3) is 0.353. The van der Waals surface area contributed by atoms with Crippen molar-refractivity contribution in [3.8, 4) is 0 Å². The van der Waals surface area contributed by atoms with Crippen molar-refractivity contribution in [3.63, 3.8) is 0 Å². The summed E-state index contributed by atoms with van der Waals surface area (Å²) < 4.78 is 0. The van der Waals surface area contributed by atoms with Crippen molar-refractivity contribution in [2.24, 2.45) is 5.73 Å². The minimum Gasteiger partial charge on any atom is -0.388 e. The van der Waals surface area contributed by atoms with E-state index in [0.29, 0.717) is 12.3 Å².